The van der Waals surface area contributed by atoms with E-state index in [2.05, 4.69) is 15.9 Å². The Morgan fingerprint density at radius 3 is 2.30 bits per heavy atom. The highest BCUT2D eigenvalue weighted by Gasteiger charge is 2.27. The van der Waals surface area contributed by atoms with E-state index in [1.165, 1.54) is 24.6 Å². The topological polar surface area (TPSA) is 55.8 Å². The van der Waals surface area contributed by atoms with E-state index < -0.39 is 16.3 Å². The van der Waals surface area contributed by atoms with Crippen LogP contribution in [0.5, 0.6) is 0 Å². The number of aryl methyl sites for hydroxylation is 1. The second-order valence-electron chi connectivity index (χ2n) is 6.06. The smallest absolute Gasteiger partial charge is 0.243 e. The molecule has 2 aromatic rings. The van der Waals surface area contributed by atoms with Gasteiger partial charge >= 0.3 is 0 Å². The Morgan fingerprint density at radius 1 is 1.11 bits per heavy atom. The lowest BCUT2D eigenvalue weighted by atomic mass is 10.1. The summed E-state index contributed by atoms with van der Waals surface area (Å²) in [6.07, 6.45) is -0.496. The molecule has 0 saturated carbocycles. The Morgan fingerprint density at radius 2 is 1.74 bits per heavy atom. The number of rotatable bonds is 9. The zero-order valence-corrected chi connectivity index (χ0v) is 17.9. The maximum Gasteiger partial charge on any atom is 0.243 e. The van der Waals surface area contributed by atoms with Crippen molar-refractivity contribution in [3.05, 3.63) is 63.9 Å². The van der Waals surface area contributed by atoms with Gasteiger partial charge in [0.1, 0.15) is 5.82 Å². The number of hydrogen-bond acceptors (Lipinski definition) is 4. The molecule has 148 valence electrons. The van der Waals surface area contributed by atoms with Crippen molar-refractivity contribution in [1.29, 1.82) is 0 Å². The molecular formula is C19H23BrFNO4S. The SMILES string of the molecule is COC(CN(CCc1ccc(Br)cc1F)S(=O)(=O)c1ccc(C)cc1)OC. The van der Waals surface area contributed by atoms with E-state index >= 15 is 0 Å². The first kappa shape index (κ1) is 22.0. The largest absolute Gasteiger partial charge is 0.354 e. The van der Waals surface area contributed by atoms with E-state index in [0.717, 1.165) is 5.56 Å². The summed E-state index contributed by atoms with van der Waals surface area (Å²) in [5, 5.41) is 0. The lowest BCUT2D eigenvalue weighted by Gasteiger charge is -2.26. The predicted molar refractivity (Wildman–Crippen MR) is 106 cm³/mol. The number of sulfonamides is 1. The van der Waals surface area contributed by atoms with Crippen LogP contribution >= 0.6 is 15.9 Å². The standard InChI is InChI=1S/C19H23BrFNO4S/c1-14-4-8-17(9-5-14)27(23,24)22(13-19(25-2)26-3)11-10-15-6-7-16(20)12-18(15)21/h4-9,12,19H,10-11,13H2,1-3H3. The van der Waals surface area contributed by atoms with Gasteiger partial charge in [-0.3, -0.25) is 0 Å². The highest BCUT2D eigenvalue weighted by molar-refractivity contribution is 9.10. The molecule has 27 heavy (non-hydrogen) atoms. The first-order valence-electron chi connectivity index (χ1n) is 8.34. The minimum absolute atomic E-state index is 0.00135. The maximum atomic E-state index is 14.1. The number of halogens is 2. The average Bonchev–Trinajstić information content (AvgIpc) is 2.63. The summed E-state index contributed by atoms with van der Waals surface area (Å²) in [7, 11) is -0.895. The Hall–Kier alpha value is -1.32. The molecule has 0 atom stereocenters. The third-order valence-corrected chi connectivity index (χ3v) is 6.56. The average molecular weight is 460 g/mol. The normalized spacial score (nSPS) is 12.1. The zero-order valence-electron chi connectivity index (χ0n) is 15.5. The minimum atomic E-state index is -3.78. The molecule has 0 spiro atoms. The number of methoxy groups -OCH3 is 2. The molecule has 0 aromatic heterocycles. The van der Waals surface area contributed by atoms with E-state index in [-0.39, 0.29) is 30.2 Å². The van der Waals surface area contributed by atoms with Crippen LogP contribution < -0.4 is 0 Å². The van der Waals surface area contributed by atoms with Crippen LogP contribution in [0.25, 0.3) is 0 Å². The molecule has 0 aliphatic rings. The van der Waals surface area contributed by atoms with Crippen LogP contribution in [-0.4, -0.2) is 46.3 Å². The molecule has 2 rings (SSSR count). The summed E-state index contributed by atoms with van der Waals surface area (Å²) >= 11 is 3.22. The molecular weight excluding hydrogens is 437 g/mol. The second-order valence-corrected chi connectivity index (χ2v) is 8.92. The van der Waals surface area contributed by atoms with E-state index in [1.807, 2.05) is 6.92 Å². The summed E-state index contributed by atoms with van der Waals surface area (Å²) in [6, 6.07) is 11.3. The molecule has 0 aliphatic carbocycles. The fraction of sp³-hybridized carbons (Fsp3) is 0.368. The first-order valence-corrected chi connectivity index (χ1v) is 10.6. The van der Waals surface area contributed by atoms with Gasteiger partial charge in [-0.25, -0.2) is 12.8 Å². The number of ether oxygens (including phenoxy) is 2. The Bertz CT molecular complexity index is 855. The molecule has 0 bridgehead atoms. The van der Waals surface area contributed by atoms with E-state index in [9.17, 15) is 12.8 Å². The molecule has 5 nitrogen and oxygen atoms in total. The summed E-state index contributed by atoms with van der Waals surface area (Å²) in [6.45, 7) is 1.98. The molecule has 0 fully saturated rings. The monoisotopic (exact) mass is 459 g/mol. The van der Waals surface area contributed by atoms with Gasteiger partial charge in [-0.05, 0) is 43.2 Å². The van der Waals surface area contributed by atoms with E-state index in [4.69, 9.17) is 9.47 Å². The molecule has 8 heteroatoms. The molecule has 0 amide bonds. The summed E-state index contributed by atoms with van der Waals surface area (Å²) in [4.78, 5) is 0.176. The second kappa shape index (κ2) is 9.75. The molecule has 2 aromatic carbocycles. The van der Waals surface area contributed by atoms with Crippen LogP contribution in [0.4, 0.5) is 4.39 Å². The van der Waals surface area contributed by atoms with Gasteiger partial charge in [-0.15, -0.1) is 0 Å². The van der Waals surface area contributed by atoms with Gasteiger partial charge in [0.2, 0.25) is 10.0 Å². The molecule has 0 heterocycles. The van der Waals surface area contributed by atoms with Crippen LogP contribution in [0.2, 0.25) is 0 Å². The van der Waals surface area contributed by atoms with Crippen molar-refractivity contribution in [3.63, 3.8) is 0 Å². The fourth-order valence-corrected chi connectivity index (χ4v) is 4.31. The van der Waals surface area contributed by atoms with Crippen molar-refractivity contribution in [2.75, 3.05) is 27.3 Å². The highest BCUT2D eigenvalue weighted by Crippen LogP contribution is 2.20. The van der Waals surface area contributed by atoms with Crippen molar-refractivity contribution in [2.24, 2.45) is 0 Å². The van der Waals surface area contributed by atoms with Gasteiger partial charge in [0.25, 0.3) is 0 Å². The Balaban J connectivity index is 2.28. The van der Waals surface area contributed by atoms with Crippen molar-refractivity contribution in [2.45, 2.75) is 24.5 Å². The van der Waals surface area contributed by atoms with Crippen LogP contribution in [0.3, 0.4) is 0 Å². The van der Waals surface area contributed by atoms with Crippen LogP contribution in [-0.2, 0) is 25.9 Å². The lowest BCUT2D eigenvalue weighted by Crippen LogP contribution is -2.40. The van der Waals surface area contributed by atoms with Gasteiger partial charge in [0, 0.05) is 25.2 Å². The van der Waals surface area contributed by atoms with Crippen molar-refractivity contribution >= 4 is 26.0 Å². The van der Waals surface area contributed by atoms with Gasteiger partial charge in [-0.2, -0.15) is 4.31 Å². The quantitative estimate of drug-likeness (QED) is 0.535. The number of nitrogens with zero attached hydrogens (tertiary/aromatic N) is 1. The van der Waals surface area contributed by atoms with Crippen LogP contribution in [0.1, 0.15) is 11.1 Å². The summed E-state index contributed by atoms with van der Waals surface area (Å²) in [5.74, 6) is -0.382. The molecule has 0 unspecified atom stereocenters. The molecule has 0 radical (unpaired) electrons. The van der Waals surface area contributed by atoms with Gasteiger partial charge in [0.15, 0.2) is 6.29 Å². The molecule has 0 saturated heterocycles. The van der Waals surface area contributed by atoms with E-state index in [0.29, 0.717) is 10.0 Å². The third-order valence-electron chi connectivity index (χ3n) is 4.18. The van der Waals surface area contributed by atoms with Gasteiger partial charge in [-0.1, -0.05) is 39.7 Å². The van der Waals surface area contributed by atoms with E-state index in [1.54, 1.807) is 36.4 Å². The van der Waals surface area contributed by atoms with Crippen molar-refractivity contribution in [1.82, 2.24) is 4.31 Å². The fourth-order valence-electron chi connectivity index (χ4n) is 2.55. The minimum Gasteiger partial charge on any atom is -0.354 e. The molecule has 0 N–H and O–H groups in total. The highest BCUT2D eigenvalue weighted by atomic mass is 79.9. The van der Waals surface area contributed by atoms with Crippen LogP contribution in [0, 0.1) is 12.7 Å². The first-order chi connectivity index (χ1) is 12.8. The number of hydrogen-bond donors (Lipinski definition) is 0. The third kappa shape index (κ3) is 5.83. The summed E-state index contributed by atoms with van der Waals surface area (Å²) < 4.78 is 52.5. The van der Waals surface area contributed by atoms with Crippen molar-refractivity contribution in [3.8, 4) is 0 Å². The Labute approximate surface area is 168 Å². The maximum absolute atomic E-state index is 14.1. The van der Waals surface area contributed by atoms with Gasteiger partial charge in [0.05, 0.1) is 11.4 Å². The summed E-state index contributed by atoms with van der Waals surface area (Å²) in [5.41, 5.74) is 1.40. The number of benzene rings is 2. The van der Waals surface area contributed by atoms with Crippen molar-refractivity contribution < 1.29 is 22.3 Å². The zero-order chi connectivity index (χ0) is 20.0. The van der Waals surface area contributed by atoms with Crippen LogP contribution in [0.15, 0.2) is 51.8 Å². The lowest BCUT2D eigenvalue weighted by molar-refractivity contribution is -0.108. The van der Waals surface area contributed by atoms with Gasteiger partial charge < -0.3 is 9.47 Å². The predicted octanol–water partition coefficient (Wildman–Crippen LogP) is 3.75. The molecule has 0 aliphatic heterocycles. The Kier molecular flexibility index (Phi) is 7.93.